The second-order valence-electron chi connectivity index (χ2n) is 8.53. The minimum atomic E-state index is -4.60. The zero-order valence-corrected chi connectivity index (χ0v) is 18.7. The number of piperidine rings is 1. The third-order valence-electron chi connectivity index (χ3n) is 5.29. The zero-order chi connectivity index (χ0) is 21.8. The Kier molecular flexibility index (Phi) is 5.16. The van der Waals surface area contributed by atoms with Gasteiger partial charge >= 0.3 is 6.18 Å². The molecule has 4 rings (SSSR count). The molecule has 6 nitrogen and oxygen atoms in total. The summed E-state index contributed by atoms with van der Waals surface area (Å²) in [5.74, 6) is -1.03. The number of hydrogen-bond acceptors (Lipinski definition) is 6. The van der Waals surface area contributed by atoms with Crippen LogP contribution in [-0.2, 0) is 11.6 Å². The number of alkyl halides is 3. The van der Waals surface area contributed by atoms with Gasteiger partial charge in [0.1, 0.15) is 4.88 Å². The number of fused-ring (bicyclic) bond motifs is 1. The van der Waals surface area contributed by atoms with Crippen molar-refractivity contribution < 1.29 is 18.0 Å². The molecule has 1 aliphatic heterocycles. The van der Waals surface area contributed by atoms with Gasteiger partial charge in [0.05, 0.1) is 16.4 Å². The highest BCUT2D eigenvalue weighted by atomic mass is 32.1. The number of likely N-dealkylation sites (tertiary alicyclic amines) is 1. The number of thiazole rings is 2. The molecule has 0 unspecified atom stereocenters. The molecule has 4 heterocycles. The van der Waals surface area contributed by atoms with Crippen molar-refractivity contribution in [2.45, 2.75) is 58.0 Å². The first-order chi connectivity index (χ1) is 13.9. The van der Waals surface area contributed by atoms with Gasteiger partial charge in [-0.2, -0.15) is 18.2 Å². The third kappa shape index (κ3) is 3.84. The molecule has 0 aromatic carbocycles. The van der Waals surface area contributed by atoms with E-state index in [2.05, 4.69) is 36.2 Å². The summed E-state index contributed by atoms with van der Waals surface area (Å²) >= 11 is 2.63. The predicted octanol–water partition coefficient (Wildman–Crippen LogP) is 4.89. The molecule has 1 saturated heterocycles. The molecule has 0 bridgehead atoms. The summed E-state index contributed by atoms with van der Waals surface area (Å²) in [7, 11) is 0. The molecule has 3 aromatic heterocycles. The van der Waals surface area contributed by atoms with Crippen LogP contribution in [0.5, 0.6) is 0 Å². The van der Waals surface area contributed by atoms with Gasteiger partial charge in [0.15, 0.2) is 0 Å². The number of nitrogens with zero attached hydrogens (tertiary/aromatic N) is 5. The van der Waals surface area contributed by atoms with Gasteiger partial charge in [0.25, 0.3) is 11.7 Å². The number of carbonyl (C=O) groups excluding carboxylic acids is 1. The largest absolute Gasteiger partial charge is 0.453 e. The van der Waals surface area contributed by atoms with Crippen molar-refractivity contribution in [1.29, 1.82) is 0 Å². The van der Waals surface area contributed by atoms with E-state index in [0.717, 1.165) is 39.4 Å². The molecule has 1 fully saturated rings. The number of hydrogen-bond donors (Lipinski definition) is 0. The number of amides is 1. The molecule has 0 N–H and O–H groups in total. The average molecular weight is 458 g/mol. The van der Waals surface area contributed by atoms with E-state index in [0.29, 0.717) is 29.6 Å². The SMILES string of the molecule is Cc1c(C(=O)N2CCC(c3nc(C(C)(C)C)cs3)CC2)sc2nc(C(F)(F)F)nn12. The highest BCUT2D eigenvalue weighted by molar-refractivity contribution is 7.19. The summed E-state index contributed by atoms with van der Waals surface area (Å²) in [5.41, 5.74) is 1.49. The van der Waals surface area contributed by atoms with Crippen molar-refractivity contribution in [2.24, 2.45) is 0 Å². The summed E-state index contributed by atoms with van der Waals surface area (Å²) in [5, 5.41) is 6.74. The fourth-order valence-corrected chi connectivity index (χ4v) is 5.70. The lowest BCUT2D eigenvalue weighted by Gasteiger charge is -2.31. The molecule has 3 aromatic rings. The maximum atomic E-state index is 13.0. The van der Waals surface area contributed by atoms with Crippen molar-refractivity contribution in [2.75, 3.05) is 13.1 Å². The Labute approximate surface area is 179 Å². The van der Waals surface area contributed by atoms with E-state index in [1.807, 2.05) is 0 Å². The molecule has 162 valence electrons. The van der Waals surface area contributed by atoms with Gasteiger partial charge in [-0.25, -0.2) is 9.50 Å². The first kappa shape index (κ1) is 21.2. The second-order valence-corrected chi connectivity index (χ2v) is 10.4. The van der Waals surface area contributed by atoms with Gasteiger partial charge in [-0.3, -0.25) is 4.79 Å². The first-order valence-corrected chi connectivity index (χ1v) is 11.3. The number of carbonyl (C=O) groups is 1. The van der Waals surface area contributed by atoms with Gasteiger partial charge in [0.2, 0.25) is 4.96 Å². The fraction of sp³-hybridized carbons (Fsp3) is 0.579. The summed E-state index contributed by atoms with van der Waals surface area (Å²) in [6, 6.07) is 0. The number of aryl methyl sites for hydroxylation is 1. The average Bonchev–Trinajstić information content (AvgIpc) is 3.36. The van der Waals surface area contributed by atoms with Gasteiger partial charge < -0.3 is 4.90 Å². The summed E-state index contributed by atoms with van der Waals surface area (Å²) in [6.45, 7) is 9.20. The molecular weight excluding hydrogens is 435 g/mol. The Morgan fingerprint density at radius 1 is 1.17 bits per heavy atom. The van der Waals surface area contributed by atoms with E-state index in [4.69, 9.17) is 4.98 Å². The highest BCUT2D eigenvalue weighted by Gasteiger charge is 2.37. The monoisotopic (exact) mass is 457 g/mol. The van der Waals surface area contributed by atoms with E-state index < -0.39 is 12.0 Å². The molecule has 0 saturated carbocycles. The Morgan fingerprint density at radius 2 is 1.83 bits per heavy atom. The van der Waals surface area contributed by atoms with E-state index in [1.54, 1.807) is 23.2 Å². The van der Waals surface area contributed by atoms with Gasteiger partial charge in [-0.1, -0.05) is 32.1 Å². The lowest BCUT2D eigenvalue weighted by atomic mass is 9.93. The van der Waals surface area contributed by atoms with E-state index >= 15 is 0 Å². The Hall–Kier alpha value is -2.01. The van der Waals surface area contributed by atoms with Crippen LogP contribution in [0.4, 0.5) is 13.2 Å². The molecule has 0 spiro atoms. The molecule has 30 heavy (non-hydrogen) atoms. The standard InChI is InChI=1S/C19H22F3N5OS2/c1-10-13(30-17-24-16(19(20,21)22)25-27(10)17)15(28)26-7-5-11(6-8-26)14-23-12(9-29-14)18(2,3)4/h9,11H,5-8H2,1-4H3. The Balaban J connectivity index is 1.46. The summed E-state index contributed by atoms with van der Waals surface area (Å²) in [4.78, 5) is 23.5. The number of aromatic nitrogens is 4. The van der Waals surface area contributed by atoms with Crippen LogP contribution in [-0.4, -0.2) is 43.5 Å². The molecule has 0 radical (unpaired) electrons. The van der Waals surface area contributed by atoms with Crippen molar-refractivity contribution in [3.05, 3.63) is 32.5 Å². The van der Waals surface area contributed by atoms with E-state index in [9.17, 15) is 18.0 Å². The van der Waals surface area contributed by atoms with E-state index in [1.165, 1.54) is 0 Å². The van der Waals surface area contributed by atoms with Crippen molar-refractivity contribution in [3.8, 4) is 0 Å². The zero-order valence-electron chi connectivity index (χ0n) is 17.1. The van der Waals surface area contributed by atoms with Crippen LogP contribution in [0.1, 0.15) is 71.4 Å². The number of halogens is 3. The minimum absolute atomic E-state index is 0.0136. The van der Waals surface area contributed by atoms with Gasteiger partial charge in [-0.05, 0) is 19.8 Å². The number of rotatable bonds is 2. The lowest BCUT2D eigenvalue weighted by molar-refractivity contribution is -0.144. The maximum Gasteiger partial charge on any atom is 0.453 e. The fourth-order valence-electron chi connectivity index (χ4n) is 3.45. The molecular formula is C19H22F3N5OS2. The Bertz CT molecular complexity index is 1080. The van der Waals surface area contributed by atoms with Crippen LogP contribution in [0.3, 0.4) is 0 Å². The molecule has 0 aliphatic carbocycles. The predicted molar refractivity (Wildman–Crippen MR) is 109 cm³/mol. The topological polar surface area (TPSA) is 63.4 Å². The quantitative estimate of drug-likeness (QED) is 0.550. The highest BCUT2D eigenvalue weighted by Crippen LogP contribution is 2.35. The summed E-state index contributed by atoms with van der Waals surface area (Å²) < 4.78 is 39.6. The van der Waals surface area contributed by atoms with Gasteiger partial charge in [0, 0.05) is 29.8 Å². The minimum Gasteiger partial charge on any atom is -0.338 e. The molecule has 0 atom stereocenters. The molecule has 1 amide bonds. The van der Waals surface area contributed by atoms with E-state index in [-0.39, 0.29) is 16.3 Å². The Morgan fingerprint density at radius 3 is 2.37 bits per heavy atom. The maximum absolute atomic E-state index is 13.0. The third-order valence-corrected chi connectivity index (χ3v) is 7.41. The van der Waals surface area contributed by atoms with Crippen LogP contribution in [0, 0.1) is 6.92 Å². The van der Waals surface area contributed by atoms with Crippen LogP contribution in [0.2, 0.25) is 0 Å². The normalized spacial score (nSPS) is 16.6. The smallest absolute Gasteiger partial charge is 0.338 e. The first-order valence-electron chi connectivity index (χ1n) is 9.63. The summed E-state index contributed by atoms with van der Waals surface area (Å²) in [6.07, 6.45) is -2.96. The van der Waals surface area contributed by atoms with Crippen LogP contribution >= 0.6 is 22.7 Å². The van der Waals surface area contributed by atoms with Gasteiger partial charge in [-0.15, -0.1) is 16.4 Å². The van der Waals surface area contributed by atoms with Crippen molar-refractivity contribution in [1.82, 2.24) is 24.5 Å². The van der Waals surface area contributed by atoms with Crippen molar-refractivity contribution >= 4 is 33.5 Å². The van der Waals surface area contributed by atoms with Crippen LogP contribution in [0.25, 0.3) is 4.96 Å². The van der Waals surface area contributed by atoms with Crippen LogP contribution in [0.15, 0.2) is 5.38 Å². The lowest BCUT2D eigenvalue weighted by Crippen LogP contribution is -2.37. The van der Waals surface area contributed by atoms with Crippen LogP contribution < -0.4 is 0 Å². The molecule has 1 aliphatic rings. The second kappa shape index (κ2) is 7.30. The van der Waals surface area contributed by atoms with Crippen molar-refractivity contribution in [3.63, 3.8) is 0 Å². The molecule has 11 heteroatoms.